The summed E-state index contributed by atoms with van der Waals surface area (Å²) >= 11 is 0. The molecule has 0 aliphatic heterocycles. The second-order valence-electron chi connectivity index (χ2n) is 3.05. The van der Waals surface area contributed by atoms with Gasteiger partial charge in [0.15, 0.2) is 0 Å². The first-order chi connectivity index (χ1) is 4.95. The van der Waals surface area contributed by atoms with E-state index in [4.69, 9.17) is 5.73 Å². The number of hydrogen-bond donors (Lipinski definition) is 1. The largest absolute Gasteiger partial charge is 0.373 e. The lowest BCUT2D eigenvalue weighted by Crippen LogP contribution is -2.25. The molecule has 0 aliphatic rings. The summed E-state index contributed by atoms with van der Waals surface area (Å²) in [6, 6.07) is 0. The van der Waals surface area contributed by atoms with Crippen LogP contribution >= 0.6 is 0 Å². The second kappa shape index (κ2) is 4.01. The molecule has 0 heterocycles. The van der Waals surface area contributed by atoms with Crippen molar-refractivity contribution in [3.63, 3.8) is 0 Å². The highest BCUT2D eigenvalue weighted by molar-refractivity contribution is 5.91. The van der Waals surface area contributed by atoms with E-state index in [0.29, 0.717) is 11.6 Å². The summed E-state index contributed by atoms with van der Waals surface area (Å²) in [5, 5.41) is 0. The Bertz CT molecular complexity index is 171. The summed E-state index contributed by atoms with van der Waals surface area (Å²) in [6.07, 6.45) is 1.85. The Morgan fingerprint density at radius 3 is 2.00 bits per heavy atom. The number of carbonyl (C=O) groups is 1. The topological polar surface area (TPSA) is 46.3 Å². The molecule has 11 heavy (non-hydrogen) atoms. The van der Waals surface area contributed by atoms with Crippen LogP contribution in [-0.4, -0.2) is 24.9 Å². The zero-order valence-electron chi connectivity index (χ0n) is 7.59. The minimum Gasteiger partial charge on any atom is -0.373 e. The first-order valence-electron chi connectivity index (χ1n) is 3.64. The number of carbonyl (C=O) groups excluding carboxylic acids is 1. The highest BCUT2D eigenvalue weighted by Crippen LogP contribution is 2.03. The lowest BCUT2D eigenvalue weighted by Gasteiger charge is -2.14. The van der Waals surface area contributed by atoms with E-state index in [2.05, 4.69) is 0 Å². The molecule has 0 radical (unpaired) electrons. The quantitative estimate of drug-likeness (QED) is 0.607. The standard InChI is InChI=1S/C8H16N2O/c1-6(2)5-7(8(9)11)10(3)4/h5-6H,1-4H3,(H2,9,11)/b7-5-. The molecule has 0 fully saturated rings. The van der Waals surface area contributed by atoms with Crippen molar-refractivity contribution in [2.75, 3.05) is 14.1 Å². The smallest absolute Gasteiger partial charge is 0.264 e. The maximum absolute atomic E-state index is 10.8. The van der Waals surface area contributed by atoms with Crippen molar-refractivity contribution >= 4 is 5.91 Å². The Kier molecular flexibility index (Phi) is 3.65. The summed E-state index contributed by atoms with van der Waals surface area (Å²) in [7, 11) is 3.61. The van der Waals surface area contributed by atoms with Gasteiger partial charge in [-0.2, -0.15) is 0 Å². The average molecular weight is 156 g/mol. The van der Waals surface area contributed by atoms with Crippen molar-refractivity contribution in [2.24, 2.45) is 11.7 Å². The van der Waals surface area contributed by atoms with E-state index in [1.807, 2.05) is 19.9 Å². The van der Waals surface area contributed by atoms with Gasteiger partial charge in [-0.1, -0.05) is 19.9 Å². The van der Waals surface area contributed by atoms with E-state index >= 15 is 0 Å². The van der Waals surface area contributed by atoms with Crippen LogP contribution in [0.2, 0.25) is 0 Å². The molecule has 0 aliphatic carbocycles. The lowest BCUT2D eigenvalue weighted by molar-refractivity contribution is -0.115. The highest BCUT2D eigenvalue weighted by Gasteiger charge is 2.06. The maximum Gasteiger partial charge on any atom is 0.264 e. The van der Waals surface area contributed by atoms with E-state index < -0.39 is 0 Å². The van der Waals surface area contributed by atoms with Gasteiger partial charge < -0.3 is 10.6 Å². The first-order valence-corrected chi connectivity index (χ1v) is 3.64. The van der Waals surface area contributed by atoms with Gasteiger partial charge in [-0.3, -0.25) is 4.79 Å². The predicted molar refractivity (Wildman–Crippen MR) is 45.8 cm³/mol. The zero-order valence-corrected chi connectivity index (χ0v) is 7.59. The van der Waals surface area contributed by atoms with Crippen LogP contribution in [0.1, 0.15) is 13.8 Å². The van der Waals surface area contributed by atoms with E-state index in [1.54, 1.807) is 19.0 Å². The molecule has 0 spiro atoms. The number of hydrogen-bond acceptors (Lipinski definition) is 2. The van der Waals surface area contributed by atoms with Crippen LogP contribution in [0.15, 0.2) is 11.8 Å². The molecule has 1 amide bonds. The van der Waals surface area contributed by atoms with Crippen LogP contribution in [0.3, 0.4) is 0 Å². The van der Waals surface area contributed by atoms with Crippen molar-refractivity contribution in [3.8, 4) is 0 Å². The molecular weight excluding hydrogens is 140 g/mol. The number of amides is 1. The predicted octanol–water partition coefficient (Wildman–Crippen LogP) is 0.573. The van der Waals surface area contributed by atoms with Crippen molar-refractivity contribution in [1.82, 2.24) is 4.90 Å². The monoisotopic (exact) mass is 156 g/mol. The molecule has 0 unspecified atom stereocenters. The molecule has 0 saturated carbocycles. The van der Waals surface area contributed by atoms with Gasteiger partial charge in [-0.25, -0.2) is 0 Å². The SMILES string of the molecule is CC(C)/C=C(/C(N)=O)N(C)C. The van der Waals surface area contributed by atoms with Crippen molar-refractivity contribution < 1.29 is 4.79 Å². The number of likely N-dealkylation sites (N-methyl/N-ethyl adjacent to an activating group) is 1. The van der Waals surface area contributed by atoms with Crippen molar-refractivity contribution in [1.29, 1.82) is 0 Å². The Morgan fingerprint density at radius 1 is 1.45 bits per heavy atom. The molecule has 0 saturated heterocycles. The number of nitrogens with zero attached hydrogens (tertiary/aromatic N) is 1. The molecule has 0 atom stereocenters. The molecule has 0 bridgehead atoms. The molecule has 0 rings (SSSR count). The van der Waals surface area contributed by atoms with Crippen LogP contribution in [0.5, 0.6) is 0 Å². The third-order valence-electron chi connectivity index (χ3n) is 1.23. The van der Waals surface area contributed by atoms with Gasteiger partial charge in [0.25, 0.3) is 5.91 Å². The van der Waals surface area contributed by atoms with Crippen LogP contribution in [-0.2, 0) is 4.79 Å². The molecule has 0 aromatic carbocycles. The van der Waals surface area contributed by atoms with Crippen LogP contribution in [0.25, 0.3) is 0 Å². The molecule has 0 aromatic heterocycles. The van der Waals surface area contributed by atoms with Crippen LogP contribution in [0, 0.1) is 5.92 Å². The van der Waals surface area contributed by atoms with Crippen LogP contribution in [0.4, 0.5) is 0 Å². The van der Waals surface area contributed by atoms with E-state index in [1.165, 1.54) is 0 Å². The average Bonchev–Trinajstić information content (AvgIpc) is 1.81. The third-order valence-corrected chi connectivity index (χ3v) is 1.23. The van der Waals surface area contributed by atoms with Gasteiger partial charge in [0.1, 0.15) is 0 Å². The summed E-state index contributed by atoms with van der Waals surface area (Å²) in [6.45, 7) is 4.01. The number of rotatable bonds is 3. The summed E-state index contributed by atoms with van der Waals surface area (Å²) in [5.74, 6) is -0.0244. The van der Waals surface area contributed by atoms with Gasteiger partial charge in [-0.15, -0.1) is 0 Å². The molecule has 0 aromatic rings. The van der Waals surface area contributed by atoms with E-state index in [-0.39, 0.29) is 5.91 Å². The Balaban J connectivity index is 4.47. The molecule has 2 N–H and O–H groups in total. The number of allylic oxidation sites excluding steroid dienone is 1. The fraction of sp³-hybridized carbons (Fsp3) is 0.625. The number of nitrogens with two attached hydrogens (primary N) is 1. The van der Waals surface area contributed by atoms with Gasteiger partial charge in [0, 0.05) is 14.1 Å². The van der Waals surface area contributed by atoms with Gasteiger partial charge in [-0.05, 0) is 5.92 Å². The normalized spacial score (nSPS) is 11.9. The molecule has 3 heteroatoms. The summed E-state index contributed by atoms with van der Waals surface area (Å²) in [5.41, 5.74) is 5.71. The Hall–Kier alpha value is -0.990. The summed E-state index contributed by atoms with van der Waals surface area (Å²) in [4.78, 5) is 12.5. The summed E-state index contributed by atoms with van der Waals surface area (Å²) < 4.78 is 0. The van der Waals surface area contributed by atoms with E-state index in [9.17, 15) is 4.79 Å². The maximum atomic E-state index is 10.8. The highest BCUT2D eigenvalue weighted by atomic mass is 16.1. The van der Waals surface area contributed by atoms with Gasteiger partial charge in [0.05, 0.1) is 5.70 Å². The fourth-order valence-electron chi connectivity index (χ4n) is 0.767. The van der Waals surface area contributed by atoms with Crippen molar-refractivity contribution in [3.05, 3.63) is 11.8 Å². The minimum atomic E-state index is -0.372. The third kappa shape index (κ3) is 3.65. The molecule has 3 nitrogen and oxygen atoms in total. The molecular formula is C8H16N2O. The zero-order chi connectivity index (χ0) is 9.02. The van der Waals surface area contributed by atoms with Gasteiger partial charge in [0.2, 0.25) is 0 Å². The fourth-order valence-corrected chi connectivity index (χ4v) is 0.767. The van der Waals surface area contributed by atoms with Crippen molar-refractivity contribution in [2.45, 2.75) is 13.8 Å². The lowest BCUT2D eigenvalue weighted by atomic mass is 10.2. The number of primary amides is 1. The van der Waals surface area contributed by atoms with Crippen LogP contribution < -0.4 is 5.73 Å². The van der Waals surface area contributed by atoms with E-state index in [0.717, 1.165) is 0 Å². The second-order valence-corrected chi connectivity index (χ2v) is 3.05. The first kappa shape index (κ1) is 10.0. The Morgan fingerprint density at radius 2 is 1.91 bits per heavy atom. The van der Waals surface area contributed by atoms with Gasteiger partial charge >= 0.3 is 0 Å². The molecule has 64 valence electrons. The minimum absolute atomic E-state index is 0.347. The Labute approximate surface area is 67.9 Å².